The molecule has 0 spiro atoms. The summed E-state index contributed by atoms with van der Waals surface area (Å²) in [7, 11) is 0. The second kappa shape index (κ2) is 6.94. The largest absolute Gasteiger partial charge is 0.435 e. The van der Waals surface area contributed by atoms with E-state index in [0.717, 1.165) is 22.9 Å². The van der Waals surface area contributed by atoms with Gasteiger partial charge in [-0.15, -0.1) is 0 Å². The van der Waals surface area contributed by atoms with Crippen LogP contribution in [0.3, 0.4) is 0 Å². The van der Waals surface area contributed by atoms with Crippen LogP contribution >= 0.6 is 11.6 Å². The number of hydrogen-bond acceptors (Lipinski definition) is 2. The Morgan fingerprint density at radius 2 is 1.97 bits per heavy atom. The van der Waals surface area contributed by atoms with Crippen LogP contribution in [-0.4, -0.2) is 15.7 Å². The second-order valence-corrected chi connectivity index (χ2v) is 7.73. The minimum atomic E-state index is -4.74. The molecule has 30 heavy (non-hydrogen) atoms. The molecule has 4 nitrogen and oxygen atoms in total. The van der Waals surface area contributed by atoms with E-state index in [4.69, 9.17) is 17.3 Å². The zero-order valence-electron chi connectivity index (χ0n) is 15.3. The number of hydrogen-bond donors (Lipinski definition) is 1. The molecule has 1 amide bonds. The Balaban J connectivity index is 1.96. The van der Waals surface area contributed by atoms with Crippen LogP contribution in [0.25, 0.3) is 5.70 Å². The van der Waals surface area contributed by atoms with Crippen LogP contribution in [0.5, 0.6) is 0 Å². The Morgan fingerprint density at radius 3 is 2.53 bits per heavy atom. The number of alkyl halides is 4. The standard InChI is InChI=1S/C20H15ClF5N3O/c21-12-2-1-3-13(22)17(12)19(23)9-11(18(27)30)6-7-16(19)29-14(10-4-5-10)8-15(28-29)20(24,25)26/h1-3,6-8,10H,4-5,9H2,(H2,27,30). The minimum absolute atomic E-state index is 0.156. The first-order valence-electron chi connectivity index (χ1n) is 9.04. The van der Waals surface area contributed by atoms with Crippen molar-refractivity contribution in [2.24, 2.45) is 5.73 Å². The zero-order valence-corrected chi connectivity index (χ0v) is 16.1. The molecular weight excluding hydrogens is 429 g/mol. The first-order valence-corrected chi connectivity index (χ1v) is 9.42. The highest BCUT2D eigenvalue weighted by Gasteiger charge is 2.47. The van der Waals surface area contributed by atoms with E-state index >= 15 is 4.39 Å². The second-order valence-electron chi connectivity index (χ2n) is 7.32. The van der Waals surface area contributed by atoms with E-state index in [1.54, 1.807) is 0 Å². The summed E-state index contributed by atoms with van der Waals surface area (Å²) in [5.41, 5.74) is 0.386. The summed E-state index contributed by atoms with van der Waals surface area (Å²) in [5.74, 6) is -2.16. The monoisotopic (exact) mass is 443 g/mol. The number of rotatable bonds is 4. The maximum atomic E-state index is 16.6. The van der Waals surface area contributed by atoms with Crippen molar-refractivity contribution in [3.05, 3.63) is 69.8 Å². The van der Waals surface area contributed by atoms with Crippen molar-refractivity contribution in [2.45, 2.75) is 37.0 Å². The lowest BCUT2D eigenvalue weighted by molar-refractivity contribution is -0.141. The number of carbonyl (C=O) groups excluding carboxylic acids is 1. The molecule has 1 fully saturated rings. The van der Waals surface area contributed by atoms with E-state index in [2.05, 4.69) is 5.10 Å². The summed E-state index contributed by atoms with van der Waals surface area (Å²) in [6.07, 6.45) is -1.88. The number of primary amides is 1. The number of allylic oxidation sites excluding steroid dienone is 3. The van der Waals surface area contributed by atoms with E-state index in [9.17, 15) is 22.4 Å². The summed E-state index contributed by atoms with van der Waals surface area (Å²) >= 11 is 6.07. The van der Waals surface area contributed by atoms with Gasteiger partial charge >= 0.3 is 6.18 Å². The van der Waals surface area contributed by atoms with Crippen molar-refractivity contribution < 1.29 is 26.7 Å². The molecule has 10 heteroatoms. The van der Waals surface area contributed by atoms with Crippen LogP contribution in [0.1, 0.15) is 42.1 Å². The van der Waals surface area contributed by atoms with Crippen LogP contribution in [0.4, 0.5) is 22.0 Å². The Hall–Kier alpha value is -2.68. The number of benzene rings is 1. The molecule has 1 atom stereocenters. The highest BCUT2D eigenvalue weighted by atomic mass is 35.5. The summed E-state index contributed by atoms with van der Waals surface area (Å²) < 4.78 is 72.0. The van der Waals surface area contributed by atoms with Crippen LogP contribution in [0.2, 0.25) is 5.02 Å². The van der Waals surface area contributed by atoms with Gasteiger partial charge in [-0.1, -0.05) is 23.7 Å². The van der Waals surface area contributed by atoms with Crippen LogP contribution < -0.4 is 5.73 Å². The van der Waals surface area contributed by atoms with Gasteiger partial charge in [0.05, 0.1) is 10.7 Å². The lowest BCUT2D eigenvalue weighted by Crippen LogP contribution is -2.33. The molecule has 2 aliphatic carbocycles. The Bertz CT molecular complexity index is 1080. The van der Waals surface area contributed by atoms with Gasteiger partial charge in [-0.25, -0.2) is 13.5 Å². The highest BCUT2D eigenvalue weighted by Crippen LogP contribution is 2.51. The van der Waals surface area contributed by atoms with Crippen molar-refractivity contribution in [1.29, 1.82) is 0 Å². The lowest BCUT2D eigenvalue weighted by atomic mass is 9.81. The molecule has 2 aliphatic rings. The van der Waals surface area contributed by atoms with Gasteiger partial charge in [-0.05, 0) is 37.1 Å². The predicted molar refractivity (Wildman–Crippen MR) is 99.6 cm³/mol. The molecule has 1 heterocycles. The first-order chi connectivity index (χ1) is 14.0. The number of carbonyl (C=O) groups is 1. The van der Waals surface area contributed by atoms with E-state index in [0.29, 0.717) is 12.8 Å². The van der Waals surface area contributed by atoms with E-state index < -0.39 is 41.2 Å². The zero-order chi connectivity index (χ0) is 21.8. The SMILES string of the molecule is NC(=O)C1=CC=C(n2nc(C(F)(F)F)cc2C2CC2)C(F)(c2c(F)cccc2Cl)C1. The molecule has 1 saturated carbocycles. The number of amides is 1. The van der Waals surface area contributed by atoms with Crippen molar-refractivity contribution in [2.75, 3.05) is 0 Å². The predicted octanol–water partition coefficient (Wildman–Crippen LogP) is 5.09. The van der Waals surface area contributed by atoms with Gasteiger partial charge in [-0.2, -0.15) is 18.3 Å². The summed E-state index contributed by atoms with van der Waals surface area (Å²) in [5, 5.41) is 3.32. The Kier molecular flexibility index (Phi) is 4.76. The average molecular weight is 444 g/mol. The van der Waals surface area contributed by atoms with Crippen molar-refractivity contribution in [3.8, 4) is 0 Å². The van der Waals surface area contributed by atoms with Gasteiger partial charge in [0.1, 0.15) is 5.82 Å². The first kappa shape index (κ1) is 20.6. The molecule has 1 aromatic carbocycles. The fourth-order valence-corrected chi connectivity index (χ4v) is 3.93. The smallest absolute Gasteiger partial charge is 0.366 e. The third kappa shape index (κ3) is 3.40. The molecule has 1 aromatic heterocycles. The third-order valence-electron chi connectivity index (χ3n) is 5.21. The molecule has 158 valence electrons. The number of nitrogens with two attached hydrogens (primary N) is 1. The molecule has 2 aromatic rings. The van der Waals surface area contributed by atoms with Gasteiger partial charge in [0.15, 0.2) is 11.4 Å². The number of halogens is 6. The van der Waals surface area contributed by atoms with Gasteiger partial charge in [0.25, 0.3) is 0 Å². The maximum Gasteiger partial charge on any atom is 0.435 e. The summed E-state index contributed by atoms with van der Waals surface area (Å²) in [6.45, 7) is 0. The van der Waals surface area contributed by atoms with E-state index in [1.807, 2.05) is 0 Å². The van der Waals surface area contributed by atoms with Crippen LogP contribution in [-0.2, 0) is 16.6 Å². The fraction of sp³-hybridized carbons (Fsp3) is 0.300. The van der Waals surface area contributed by atoms with Gasteiger partial charge < -0.3 is 5.73 Å². The third-order valence-corrected chi connectivity index (χ3v) is 5.52. The van der Waals surface area contributed by atoms with E-state index in [1.165, 1.54) is 18.2 Å². The quantitative estimate of drug-likeness (QED) is 0.669. The van der Waals surface area contributed by atoms with Crippen molar-refractivity contribution in [3.63, 3.8) is 0 Å². The van der Waals surface area contributed by atoms with Crippen molar-refractivity contribution >= 4 is 23.2 Å². The van der Waals surface area contributed by atoms with Gasteiger partial charge in [0, 0.05) is 29.2 Å². The Labute approximate surface area is 172 Å². The summed E-state index contributed by atoms with van der Waals surface area (Å²) in [4.78, 5) is 11.7. The molecular formula is C20H15ClF5N3O. The normalized spacial score (nSPS) is 21.9. The molecule has 0 saturated heterocycles. The highest BCUT2D eigenvalue weighted by molar-refractivity contribution is 6.31. The average Bonchev–Trinajstić information content (AvgIpc) is 3.38. The van der Waals surface area contributed by atoms with E-state index in [-0.39, 0.29) is 27.9 Å². The Morgan fingerprint density at radius 1 is 1.27 bits per heavy atom. The van der Waals surface area contributed by atoms with Crippen LogP contribution in [0.15, 0.2) is 42.0 Å². The molecule has 2 N–H and O–H groups in total. The molecule has 0 bridgehead atoms. The molecule has 0 radical (unpaired) electrons. The topological polar surface area (TPSA) is 60.9 Å². The summed E-state index contributed by atoms with van der Waals surface area (Å²) in [6, 6.07) is 4.38. The molecule has 0 aliphatic heterocycles. The molecule has 4 rings (SSSR count). The van der Waals surface area contributed by atoms with Gasteiger partial charge in [-0.3, -0.25) is 4.79 Å². The van der Waals surface area contributed by atoms with Gasteiger partial charge in [0.2, 0.25) is 5.91 Å². The maximum absolute atomic E-state index is 16.6. The minimum Gasteiger partial charge on any atom is -0.366 e. The lowest BCUT2D eigenvalue weighted by Gasteiger charge is -2.33. The molecule has 1 unspecified atom stereocenters. The number of nitrogens with zero attached hydrogens (tertiary/aromatic N) is 2. The van der Waals surface area contributed by atoms with Crippen molar-refractivity contribution in [1.82, 2.24) is 9.78 Å². The number of aromatic nitrogens is 2. The van der Waals surface area contributed by atoms with Crippen LogP contribution in [0, 0.1) is 5.82 Å². The fourth-order valence-electron chi connectivity index (χ4n) is 3.62.